The molecule has 1 aliphatic heterocycles. The first-order valence-electron chi connectivity index (χ1n) is 11.5. The Balaban J connectivity index is 2.26. The number of aryl methyl sites for hydroxylation is 2. The van der Waals surface area contributed by atoms with Crippen LogP contribution in [0.3, 0.4) is 0 Å². The topological polar surface area (TPSA) is 84.9 Å². The summed E-state index contributed by atoms with van der Waals surface area (Å²) in [5.41, 5.74) is 4.90. The van der Waals surface area contributed by atoms with Crippen LogP contribution in [0.25, 0.3) is 11.1 Å². The van der Waals surface area contributed by atoms with E-state index in [1.165, 1.54) is 0 Å². The molecule has 0 saturated heterocycles. The summed E-state index contributed by atoms with van der Waals surface area (Å²) in [6, 6.07) is 7.93. The smallest absolute Gasteiger partial charge is 0.337 e. The van der Waals surface area contributed by atoms with Gasteiger partial charge in [-0.2, -0.15) is 0 Å². The molecule has 1 atom stereocenters. The second-order valence-corrected chi connectivity index (χ2v) is 10.0. The van der Waals surface area contributed by atoms with Crippen molar-refractivity contribution in [3.63, 3.8) is 0 Å². The average Bonchev–Trinajstić information content (AvgIpc) is 2.73. The van der Waals surface area contributed by atoms with Gasteiger partial charge in [0.05, 0.1) is 12.2 Å². The van der Waals surface area contributed by atoms with Crippen molar-refractivity contribution in [3.05, 3.63) is 46.5 Å². The Morgan fingerprint density at radius 1 is 1.15 bits per heavy atom. The average molecular weight is 454 g/mol. The van der Waals surface area contributed by atoms with Gasteiger partial charge < -0.3 is 19.9 Å². The number of hydrogen-bond donors (Lipinski definition) is 2. The minimum absolute atomic E-state index is 0.120. The van der Waals surface area contributed by atoms with Gasteiger partial charge in [-0.05, 0) is 93.5 Å². The van der Waals surface area contributed by atoms with Crippen LogP contribution in [0, 0.1) is 19.8 Å². The van der Waals surface area contributed by atoms with Crippen LogP contribution >= 0.6 is 0 Å². The maximum Gasteiger partial charge on any atom is 0.337 e. The minimum Gasteiger partial charge on any atom is -0.493 e. The number of fused-ring (bicyclic) bond motifs is 1. The predicted molar refractivity (Wildman–Crippen MR) is 130 cm³/mol. The number of benzene rings is 2. The molecule has 2 aromatic carbocycles. The Morgan fingerprint density at radius 2 is 1.85 bits per heavy atom. The highest BCUT2D eigenvalue weighted by Gasteiger charge is 2.32. The molecule has 33 heavy (non-hydrogen) atoms. The van der Waals surface area contributed by atoms with Crippen LogP contribution < -0.4 is 10.1 Å². The normalized spacial score (nSPS) is 14.4. The lowest BCUT2D eigenvalue weighted by Crippen LogP contribution is -2.29. The monoisotopic (exact) mass is 453 g/mol. The number of aliphatic carboxylic acids is 1. The number of carbonyl (C=O) groups excluding carboxylic acids is 1. The van der Waals surface area contributed by atoms with Crippen molar-refractivity contribution in [2.45, 2.75) is 73.0 Å². The fraction of sp³-hybridized carbons (Fsp3) is 0.481. The number of ether oxygens (including phenoxy) is 2. The van der Waals surface area contributed by atoms with Crippen LogP contribution in [0.2, 0.25) is 0 Å². The number of carbonyl (C=O) groups is 2. The first-order chi connectivity index (χ1) is 15.4. The third-order valence-corrected chi connectivity index (χ3v) is 5.77. The number of hydrogen-bond acceptors (Lipinski definition) is 4. The van der Waals surface area contributed by atoms with Gasteiger partial charge in [0.15, 0.2) is 6.10 Å². The van der Waals surface area contributed by atoms with Crippen LogP contribution in [0.15, 0.2) is 24.3 Å². The van der Waals surface area contributed by atoms with Crippen molar-refractivity contribution in [1.29, 1.82) is 0 Å². The summed E-state index contributed by atoms with van der Waals surface area (Å²) in [5.74, 6) is -0.509. The third-order valence-electron chi connectivity index (χ3n) is 5.77. The summed E-state index contributed by atoms with van der Waals surface area (Å²) < 4.78 is 11.8. The SMILES string of the molecule is Cc1cc(NC(=O)C(C)C)c(C)c(C(OC(C)(C)C)C(=O)O)c1-c1ccc2c(c1)CCCO2. The van der Waals surface area contributed by atoms with E-state index >= 15 is 0 Å². The summed E-state index contributed by atoms with van der Waals surface area (Å²) in [5, 5.41) is 13.2. The van der Waals surface area contributed by atoms with E-state index in [-0.39, 0.29) is 11.8 Å². The zero-order valence-electron chi connectivity index (χ0n) is 20.7. The van der Waals surface area contributed by atoms with Crippen molar-refractivity contribution in [2.24, 2.45) is 5.92 Å². The second kappa shape index (κ2) is 9.56. The maximum atomic E-state index is 12.5. The number of nitrogens with one attached hydrogen (secondary N) is 1. The highest BCUT2D eigenvalue weighted by molar-refractivity contribution is 5.95. The van der Waals surface area contributed by atoms with E-state index in [0.717, 1.165) is 40.8 Å². The Bertz CT molecular complexity index is 1070. The Morgan fingerprint density at radius 3 is 2.45 bits per heavy atom. The standard InChI is InChI=1S/C27H35NO5/c1-15(2)25(29)28-20-13-16(3)22(19-10-11-21-18(14-19)9-8-12-32-21)23(17(20)4)24(26(30)31)33-27(5,6)7/h10-11,13-15,24H,8-9,12H2,1-7H3,(H,28,29)(H,30,31). The molecule has 0 saturated carbocycles. The molecule has 2 N–H and O–H groups in total. The van der Waals surface area contributed by atoms with E-state index < -0.39 is 17.7 Å². The molecule has 6 heteroatoms. The maximum absolute atomic E-state index is 12.5. The summed E-state index contributed by atoms with van der Waals surface area (Å²) in [6.07, 6.45) is 0.675. The van der Waals surface area contributed by atoms with E-state index in [0.29, 0.717) is 23.4 Å². The highest BCUT2D eigenvalue weighted by Crippen LogP contribution is 2.42. The minimum atomic E-state index is -1.19. The largest absolute Gasteiger partial charge is 0.493 e. The zero-order valence-corrected chi connectivity index (χ0v) is 20.7. The van der Waals surface area contributed by atoms with Gasteiger partial charge in [-0.1, -0.05) is 19.9 Å². The molecular weight excluding hydrogens is 418 g/mol. The predicted octanol–water partition coefficient (Wildman–Crippen LogP) is 5.83. The van der Waals surface area contributed by atoms with E-state index in [1.807, 2.05) is 66.7 Å². The van der Waals surface area contributed by atoms with Gasteiger partial charge in [0.25, 0.3) is 0 Å². The van der Waals surface area contributed by atoms with Crippen molar-refractivity contribution in [2.75, 3.05) is 11.9 Å². The molecule has 0 radical (unpaired) electrons. The van der Waals surface area contributed by atoms with Gasteiger partial charge in [-0.3, -0.25) is 4.79 Å². The molecular formula is C27H35NO5. The van der Waals surface area contributed by atoms with E-state index in [1.54, 1.807) is 0 Å². The molecule has 0 aromatic heterocycles. The first-order valence-corrected chi connectivity index (χ1v) is 11.5. The summed E-state index contributed by atoms with van der Waals surface area (Å²) in [6.45, 7) is 13.7. The van der Waals surface area contributed by atoms with Gasteiger partial charge in [0.2, 0.25) is 5.91 Å². The van der Waals surface area contributed by atoms with E-state index in [4.69, 9.17) is 9.47 Å². The van der Waals surface area contributed by atoms with Crippen LogP contribution in [0.5, 0.6) is 5.75 Å². The van der Waals surface area contributed by atoms with Crippen molar-refractivity contribution >= 4 is 17.6 Å². The molecule has 0 aliphatic carbocycles. The molecule has 6 nitrogen and oxygen atoms in total. The number of carboxylic acids is 1. The van der Waals surface area contributed by atoms with Crippen LogP contribution in [0.1, 0.15) is 69.4 Å². The first kappa shape index (κ1) is 24.8. The highest BCUT2D eigenvalue weighted by atomic mass is 16.5. The molecule has 1 amide bonds. The number of anilines is 1. The zero-order chi connectivity index (χ0) is 24.5. The Labute approximate surface area is 196 Å². The molecule has 2 aromatic rings. The molecule has 178 valence electrons. The van der Waals surface area contributed by atoms with E-state index in [2.05, 4.69) is 11.4 Å². The third kappa shape index (κ3) is 5.56. The Kier molecular flexibility index (Phi) is 7.17. The summed E-state index contributed by atoms with van der Waals surface area (Å²) in [7, 11) is 0. The lowest BCUT2D eigenvalue weighted by Gasteiger charge is -2.30. The molecule has 1 aliphatic rings. The van der Waals surface area contributed by atoms with Gasteiger partial charge in [0.1, 0.15) is 5.75 Å². The molecule has 3 rings (SSSR count). The van der Waals surface area contributed by atoms with Crippen molar-refractivity contribution < 1.29 is 24.2 Å². The molecule has 0 spiro atoms. The van der Waals surface area contributed by atoms with Gasteiger partial charge in [-0.25, -0.2) is 4.79 Å². The molecule has 1 unspecified atom stereocenters. The number of carboxylic acid groups (broad SMARTS) is 1. The quantitative estimate of drug-likeness (QED) is 0.575. The van der Waals surface area contributed by atoms with Gasteiger partial charge in [0, 0.05) is 17.2 Å². The van der Waals surface area contributed by atoms with E-state index in [9.17, 15) is 14.7 Å². The fourth-order valence-corrected chi connectivity index (χ4v) is 4.16. The summed E-state index contributed by atoms with van der Waals surface area (Å²) >= 11 is 0. The van der Waals surface area contributed by atoms with Crippen molar-refractivity contribution in [1.82, 2.24) is 0 Å². The van der Waals surface area contributed by atoms with Crippen LogP contribution in [0.4, 0.5) is 5.69 Å². The van der Waals surface area contributed by atoms with Crippen molar-refractivity contribution in [3.8, 4) is 16.9 Å². The van der Waals surface area contributed by atoms with Gasteiger partial charge in [-0.15, -0.1) is 0 Å². The lowest BCUT2D eigenvalue weighted by atomic mass is 9.86. The van der Waals surface area contributed by atoms with Crippen LogP contribution in [-0.4, -0.2) is 29.2 Å². The second-order valence-electron chi connectivity index (χ2n) is 10.0. The summed E-state index contributed by atoms with van der Waals surface area (Å²) in [4.78, 5) is 24.9. The number of rotatable bonds is 6. The molecule has 1 heterocycles. The van der Waals surface area contributed by atoms with Crippen LogP contribution in [-0.2, 0) is 20.7 Å². The molecule has 0 bridgehead atoms. The fourth-order valence-electron chi connectivity index (χ4n) is 4.16. The molecule has 0 fully saturated rings. The van der Waals surface area contributed by atoms with Gasteiger partial charge >= 0.3 is 5.97 Å². The Hall–Kier alpha value is -2.86. The lowest BCUT2D eigenvalue weighted by molar-refractivity contribution is -0.160. The number of amides is 1.